The fraction of sp³-hybridized carbons (Fsp3) is 0.948. The Morgan fingerprint density at radius 1 is 0.397 bits per heavy atom. The Morgan fingerprint density at radius 3 is 0.921 bits per heavy atom. The van der Waals surface area contributed by atoms with E-state index in [0.717, 1.165) is 25.7 Å². The topological polar surface area (TPSA) is 89.8 Å². The highest BCUT2D eigenvalue weighted by molar-refractivity contribution is 5.76. The predicted molar refractivity (Wildman–Crippen MR) is 278 cm³/mol. The summed E-state index contributed by atoms with van der Waals surface area (Å²) in [6.45, 7) is 4.26. The third-order valence-electron chi connectivity index (χ3n) is 13.8. The molecule has 0 aliphatic heterocycles. The molecule has 0 radical (unpaired) electrons. The molecule has 3 unspecified atom stereocenters. The Morgan fingerprint density at radius 2 is 0.651 bits per heavy atom. The van der Waals surface area contributed by atoms with Gasteiger partial charge in [0.05, 0.1) is 31.3 Å². The number of aliphatic hydroxyl groups excluding tert-OH is 3. The second-order valence-corrected chi connectivity index (χ2v) is 20.3. The number of rotatable bonds is 54. The van der Waals surface area contributed by atoms with E-state index in [2.05, 4.69) is 19.2 Å². The molecule has 0 bridgehead atoms. The van der Waals surface area contributed by atoms with Gasteiger partial charge in [-0.2, -0.15) is 0 Å². The van der Waals surface area contributed by atoms with E-state index in [0.29, 0.717) is 6.42 Å². The van der Waals surface area contributed by atoms with Crippen molar-refractivity contribution in [1.82, 2.24) is 5.32 Å². The number of allylic oxidation sites excluding steroid dienone is 1. The molecule has 4 N–H and O–H groups in total. The van der Waals surface area contributed by atoms with Gasteiger partial charge in [0.25, 0.3) is 0 Å². The van der Waals surface area contributed by atoms with E-state index >= 15 is 0 Å². The Labute approximate surface area is 395 Å². The summed E-state index contributed by atoms with van der Waals surface area (Å²) in [6, 6.07) is -0.741. The van der Waals surface area contributed by atoms with Gasteiger partial charge in [-0.15, -0.1) is 0 Å². The molecule has 376 valence electrons. The van der Waals surface area contributed by atoms with Crippen LogP contribution in [-0.2, 0) is 4.79 Å². The minimum atomic E-state index is -0.926. The maximum Gasteiger partial charge on any atom is 0.222 e. The molecular formula is C58H115NO4. The minimum Gasteiger partial charge on any atom is -0.394 e. The lowest BCUT2D eigenvalue weighted by Gasteiger charge is -2.21. The molecule has 0 aliphatic carbocycles. The third-order valence-corrected chi connectivity index (χ3v) is 13.8. The van der Waals surface area contributed by atoms with Gasteiger partial charge in [-0.25, -0.2) is 0 Å². The van der Waals surface area contributed by atoms with Crippen LogP contribution in [0.15, 0.2) is 12.2 Å². The fourth-order valence-corrected chi connectivity index (χ4v) is 9.40. The standard InChI is InChI=1S/C58H115NO4/c1-3-5-7-9-11-13-15-17-19-21-23-24-25-26-27-28-29-30-31-32-33-34-35-37-39-41-43-45-47-49-51-55(61)53-58(63)59-56(54-60)57(62)52-50-48-46-44-42-40-38-36-22-20-18-16-14-12-10-8-6-4-2/h50,52,55-57,60-62H,3-49,51,53-54H2,1-2H3,(H,59,63)/b52-50+. The second kappa shape index (κ2) is 53.7. The molecule has 3 atom stereocenters. The van der Waals surface area contributed by atoms with Gasteiger partial charge in [0, 0.05) is 0 Å². The van der Waals surface area contributed by atoms with E-state index < -0.39 is 18.2 Å². The van der Waals surface area contributed by atoms with Gasteiger partial charge in [0.15, 0.2) is 0 Å². The number of carbonyl (C=O) groups excluding carboxylic acids is 1. The first-order chi connectivity index (χ1) is 31.0. The lowest BCUT2D eigenvalue weighted by molar-refractivity contribution is -0.124. The van der Waals surface area contributed by atoms with E-state index in [1.807, 2.05) is 6.08 Å². The van der Waals surface area contributed by atoms with Crippen LogP contribution in [0, 0.1) is 0 Å². The summed E-state index contributed by atoms with van der Waals surface area (Å²) in [5, 5.41) is 33.5. The van der Waals surface area contributed by atoms with Crippen molar-refractivity contribution in [1.29, 1.82) is 0 Å². The summed E-state index contributed by atoms with van der Waals surface area (Å²) in [6.07, 6.45) is 67.0. The molecule has 0 aromatic rings. The van der Waals surface area contributed by atoms with Crippen LogP contribution in [-0.4, -0.2) is 46.1 Å². The predicted octanol–water partition coefficient (Wildman–Crippen LogP) is 17.9. The van der Waals surface area contributed by atoms with Gasteiger partial charge >= 0.3 is 0 Å². The summed E-state index contributed by atoms with van der Waals surface area (Å²) in [5.41, 5.74) is 0. The quantitative estimate of drug-likeness (QED) is 0.0362. The number of nitrogens with one attached hydrogen (secondary N) is 1. The van der Waals surface area contributed by atoms with Crippen LogP contribution >= 0.6 is 0 Å². The molecular weight excluding hydrogens is 775 g/mol. The first-order valence-electron chi connectivity index (χ1n) is 29.0. The van der Waals surface area contributed by atoms with Gasteiger partial charge in [0.1, 0.15) is 0 Å². The molecule has 63 heavy (non-hydrogen) atoms. The van der Waals surface area contributed by atoms with Crippen molar-refractivity contribution in [2.45, 2.75) is 347 Å². The van der Waals surface area contributed by atoms with Crippen molar-refractivity contribution in [2.24, 2.45) is 0 Å². The van der Waals surface area contributed by atoms with Crippen molar-refractivity contribution in [3.8, 4) is 0 Å². The molecule has 0 saturated heterocycles. The lowest BCUT2D eigenvalue weighted by atomic mass is 10.0. The maximum absolute atomic E-state index is 12.5. The average molecular weight is 891 g/mol. The molecule has 0 spiro atoms. The molecule has 0 aromatic carbocycles. The van der Waals surface area contributed by atoms with Crippen LogP contribution in [0.1, 0.15) is 328 Å². The van der Waals surface area contributed by atoms with Crippen molar-refractivity contribution >= 4 is 5.91 Å². The van der Waals surface area contributed by atoms with Crippen LogP contribution < -0.4 is 5.32 Å². The van der Waals surface area contributed by atoms with E-state index in [1.54, 1.807) is 6.08 Å². The minimum absolute atomic E-state index is 0.0195. The fourth-order valence-electron chi connectivity index (χ4n) is 9.40. The highest BCUT2D eigenvalue weighted by Crippen LogP contribution is 2.18. The Hall–Kier alpha value is -0.910. The number of aliphatic hydroxyl groups is 3. The SMILES string of the molecule is CCCCCCCCCCCCCCCCCC/C=C/C(O)C(CO)NC(=O)CC(O)CCCCCCCCCCCCCCCCCCCCCCCCCCCCCCCC. The zero-order valence-electron chi connectivity index (χ0n) is 43.0. The van der Waals surface area contributed by atoms with Gasteiger partial charge in [-0.3, -0.25) is 4.79 Å². The summed E-state index contributed by atoms with van der Waals surface area (Å²) in [5.74, 6) is -0.308. The summed E-state index contributed by atoms with van der Waals surface area (Å²) >= 11 is 0. The van der Waals surface area contributed by atoms with Gasteiger partial charge < -0.3 is 20.6 Å². The number of hydrogen-bond donors (Lipinski definition) is 4. The summed E-state index contributed by atoms with van der Waals surface area (Å²) in [4.78, 5) is 12.5. The van der Waals surface area contributed by atoms with Gasteiger partial charge in [-0.1, -0.05) is 315 Å². The highest BCUT2D eigenvalue weighted by atomic mass is 16.3. The van der Waals surface area contributed by atoms with Crippen LogP contribution in [0.3, 0.4) is 0 Å². The summed E-state index contributed by atoms with van der Waals surface area (Å²) < 4.78 is 0. The molecule has 0 rings (SSSR count). The number of unbranched alkanes of at least 4 members (excludes halogenated alkanes) is 45. The van der Waals surface area contributed by atoms with Gasteiger partial charge in [0.2, 0.25) is 5.91 Å². The zero-order valence-corrected chi connectivity index (χ0v) is 43.0. The monoisotopic (exact) mass is 890 g/mol. The number of hydrogen-bond acceptors (Lipinski definition) is 4. The molecule has 5 heteroatoms. The first kappa shape index (κ1) is 62.1. The van der Waals surface area contributed by atoms with Crippen molar-refractivity contribution in [2.75, 3.05) is 6.61 Å². The third kappa shape index (κ3) is 50.3. The van der Waals surface area contributed by atoms with Crippen LogP contribution in [0.2, 0.25) is 0 Å². The van der Waals surface area contributed by atoms with Crippen LogP contribution in [0.5, 0.6) is 0 Å². The molecule has 0 aliphatic rings. The van der Waals surface area contributed by atoms with Gasteiger partial charge in [-0.05, 0) is 19.3 Å². The normalized spacial score (nSPS) is 13.3. The summed E-state index contributed by atoms with van der Waals surface area (Å²) in [7, 11) is 0. The average Bonchev–Trinajstić information content (AvgIpc) is 3.28. The molecule has 0 heterocycles. The largest absolute Gasteiger partial charge is 0.394 e. The van der Waals surface area contributed by atoms with E-state index in [-0.39, 0.29) is 18.9 Å². The lowest BCUT2D eigenvalue weighted by Crippen LogP contribution is -2.45. The number of amides is 1. The second-order valence-electron chi connectivity index (χ2n) is 20.3. The molecule has 1 amide bonds. The molecule has 0 saturated carbocycles. The van der Waals surface area contributed by atoms with Crippen molar-refractivity contribution in [3.63, 3.8) is 0 Å². The Bertz CT molecular complexity index is 894. The van der Waals surface area contributed by atoms with Crippen molar-refractivity contribution in [3.05, 3.63) is 12.2 Å². The maximum atomic E-state index is 12.5. The highest BCUT2D eigenvalue weighted by Gasteiger charge is 2.20. The first-order valence-corrected chi connectivity index (χ1v) is 29.0. The molecule has 0 aromatic heterocycles. The molecule has 5 nitrogen and oxygen atoms in total. The smallest absolute Gasteiger partial charge is 0.222 e. The van der Waals surface area contributed by atoms with Crippen LogP contribution in [0.25, 0.3) is 0 Å². The van der Waals surface area contributed by atoms with Crippen LogP contribution in [0.4, 0.5) is 0 Å². The number of carbonyl (C=O) groups is 1. The van der Waals surface area contributed by atoms with Crippen molar-refractivity contribution < 1.29 is 20.1 Å². The Kier molecular flexibility index (Phi) is 52.9. The van der Waals surface area contributed by atoms with E-state index in [9.17, 15) is 20.1 Å². The van der Waals surface area contributed by atoms with E-state index in [4.69, 9.17) is 0 Å². The van der Waals surface area contributed by atoms with E-state index in [1.165, 1.54) is 276 Å². The Balaban J connectivity index is 3.49. The molecule has 0 fully saturated rings. The zero-order chi connectivity index (χ0) is 45.8.